The van der Waals surface area contributed by atoms with Gasteiger partial charge in [-0.15, -0.1) is 0 Å². The van der Waals surface area contributed by atoms with Crippen molar-refractivity contribution in [3.05, 3.63) is 60.6 Å². The van der Waals surface area contributed by atoms with E-state index >= 15 is 0 Å². The van der Waals surface area contributed by atoms with Gasteiger partial charge in [-0.1, -0.05) is 6.07 Å². The van der Waals surface area contributed by atoms with E-state index in [9.17, 15) is 0 Å². The van der Waals surface area contributed by atoms with Crippen molar-refractivity contribution < 1.29 is 0 Å². The van der Waals surface area contributed by atoms with Gasteiger partial charge in [-0.05, 0) is 42.1 Å². The molecule has 0 saturated carbocycles. The van der Waals surface area contributed by atoms with Gasteiger partial charge in [0, 0.05) is 35.4 Å². The molecular formula is C16H15BN4. The molecule has 0 aliphatic rings. The maximum Gasteiger partial charge on any atom is 0.224 e. The minimum Gasteiger partial charge on any atom is -0.398 e. The molecular weight excluding hydrogens is 259 g/mol. The largest absolute Gasteiger partial charge is 0.398 e. The van der Waals surface area contributed by atoms with Gasteiger partial charge in [0.2, 0.25) is 7.98 Å². The van der Waals surface area contributed by atoms with Gasteiger partial charge in [-0.3, -0.25) is 0 Å². The number of aromatic nitrogens is 3. The SMILES string of the molecule is Bn1cc(Cn2ccc3c(N)cccc32)c2cccnc21. The summed E-state index contributed by atoms with van der Waals surface area (Å²) in [4.78, 5) is 4.44. The predicted octanol–water partition coefficient (Wildman–Crippen LogP) is 2.02. The summed E-state index contributed by atoms with van der Waals surface area (Å²) in [6.45, 7) is 0.815. The van der Waals surface area contributed by atoms with E-state index in [4.69, 9.17) is 5.73 Å². The third-order valence-corrected chi connectivity index (χ3v) is 4.00. The Morgan fingerprint density at radius 1 is 1.10 bits per heavy atom. The van der Waals surface area contributed by atoms with Crippen LogP contribution < -0.4 is 5.73 Å². The van der Waals surface area contributed by atoms with E-state index in [1.807, 2.05) is 32.4 Å². The Hall–Kier alpha value is -2.69. The highest BCUT2D eigenvalue weighted by atomic mass is 15.0. The minimum atomic E-state index is 0.815. The second-order valence-corrected chi connectivity index (χ2v) is 5.36. The molecule has 21 heavy (non-hydrogen) atoms. The third-order valence-electron chi connectivity index (χ3n) is 4.00. The van der Waals surface area contributed by atoms with Gasteiger partial charge >= 0.3 is 0 Å². The highest BCUT2D eigenvalue weighted by molar-refractivity contribution is 6.11. The van der Waals surface area contributed by atoms with Crippen molar-refractivity contribution in [3.63, 3.8) is 0 Å². The van der Waals surface area contributed by atoms with Crippen LogP contribution in [0.15, 0.2) is 55.0 Å². The van der Waals surface area contributed by atoms with Crippen LogP contribution in [0.4, 0.5) is 5.69 Å². The normalized spacial score (nSPS) is 11.4. The van der Waals surface area contributed by atoms with E-state index in [0.717, 1.165) is 28.8 Å². The van der Waals surface area contributed by atoms with E-state index in [2.05, 4.69) is 44.6 Å². The first kappa shape index (κ1) is 12.1. The first-order valence-electron chi connectivity index (χ1n) is 6.96. The van der Waals surface area contributed by atoms with Crippen LogP contribution in [0.1, 0.15) is 5.56 Å². The van der Waals surface area contributed by atoms with Crippen LogP contribution >= 0.6 is 0 Å². The second kappa shape index (κ2) is 4.41. The maximum absolute atomic E-state index is 6.03. The van der Waals surface area contributed by atoms with Crippen molar-refractivity contribution in [1.29, 1.82) is 0 Å². The maximum atomic E-state index is 6.03. The molecule has 3 heterocycles. The predicted molar refractivity (Wildman–Crippen MR) is 89.1 cm³/mol. The summed E-state index contributed by atoms with van der Waals surface area (Å²) in [5.74, 6) is 0. The molecule has 0 spiro atoms. The monoisotopic (exact) mass is 274 g/mol. The fourth-order valence-electron chi connectivity index (χ4n) is 2.99. The molecule has 102 valence electrons. The van der Waals surface area contributed by atoms with Gasteiger partial charge in [0.25, 0.3) is 0 Å². The van der Waals surface area contributed by atoms with Crippen LogP contribution in [0.5, 0.6) is 0 Å². The molecule has 0 aliphatic heterocycles. The second-order valence-electron chi connectivity index (χ2n) is 5.36. The Morgan fingerprint density at radius 2 is 2.00 bits per heavy atom. The van der Waals surface area contributed by atoms with Gasteiger partial charge in [0.05, 0.1) is 5.52 Å². The number of anilines is 1. The van der Waals surface area contributed by atoms with E-state index < -0.39 is 0 Å². The lowest BCUT2D eigenvalue weighted by Gasteiger charge is -2.05. The molecule has 0 fully saturated rings. The van der Waals surface area contributed by atoms with Crippen LogP contribution in [0.25, 0.3) is 21.9 Å². The summed E-state index contributed by atoms with van der Waals surface area (Å²) in [7, 11) is 2.03. The number of rotatable bonds is 2. The number of nitrogens with two attached hydrogens (primary N) is 1. The summed E-state index contributed by atoms with van der Waals surface area (Å²) in [6.07, 6.45) is 6.07. The summed E-state index contributed by atoms with van der Waals surface area (Å²) in [5.41, 5.74) is 10.3. The number of hydrogen-bond acceptors (Lipinski definition) is 2. The summed E-state index contributed by atoms with van der Waals surface area (Å²) >= 11 is 0. The van der Waals surface area contributed by atoms with Gasteiger partial charge in [-0.25, -0.2) is 4.98 Å². The van der Waals surface area contributed by atoms with E-state index in [1.165, 1.54) is 10.9 Å². The average molecular weight is 274 g/mol. The molecule has 0 amide bonds. The molecule has 5 heteroatoms. The van der Waals surface area contributed by atoms with Crippen molar-refractivity contribution >= 4 is 35.6 Å². The number of pyridine rings is 1. The van der Waals surface area contributed by atoms with E-state index in [1.54, 1.807) is 0 Å². The Balaban J connectivity index is 1.85. The zero-order valence-electron chi connectivity index (χ0n) is 11.8. The van der Waals surface area contributed by atoms with E-state index in [0.29, 0.717) is 0 Å². The zero-order valence-corrected chi connectivity index (χ0v) is 11.8. The molecule has 4 nitrogen and oxygen atoms in total. The summed E-state index contributed by atoms with van der Waals surface area (Å²) < 4.78 is 4.30. The molecule has 0 saturated heterocycles. The molecule has 0 atom stereocenters. The standard InChI is InChI=1S/C16H15BN4/c17-21-10-11(12-3-2-7-19-16(12)21)9-20-8-6-13-14(18)4-1-5-15(13)20/h1-8,10H,9,17-18H2. The smallest absolute Gasteiger partial charge is 0.224 e. The van der Waals surface area contributed by atoms with Crippen LogP contribution in [0.3, 0.4) is 0 Å². The molecule has 1 aromatic carbocycles. The Labute approximate surface area is 123 Å². The number of fused-ring (bicyclic) bond motifs is 2. The third kappa shape index (κ3) is 1.81. The molecule has 0 bridgehead atoms. The highest BCUT2D eigenvalue weighted by Crippen LogP contribution is 2.25. The molecule has 2 N–H and O–H groups in total. The van der Waals surface area contributed by atoms with Crippen molar-refractivity contribution in [2.45, 2.75) is 6.54 Å². The van der Waals surface area contributed by atoms with Crippen molar-refractivity contribution in [1.82, 2.24) is 14.0 Å². The topological polar surface area (TPSA) is 48.8 Å². The van der Waals surface area contributed by atoms with Crippen LogP contribution in [-0.2, 0) is 6.54 Å². The van der Waals surface area contributed by atoms with Gasteiger partial charge in [0.15, 0.2) is 0 Å². The molecule has 0 aliphatic carbocycles. The lowest BCUT2D eigenvalue weighted by molar-refractivity contribution is 0.841. The fraction of sp³-hybridized carbons (Fsp3) is 0.0625. The molecule has 3 aromatic heterocycles. The van der Waals surface area contributed by atoms with Crippen molar-refractivity contribution in [2.24, 2.45) is 0 Å². The molecule has 4 rings (SSSR count). The lowest BCUT2D eigenvalue weighted by atomic mass is 10.2. The van der Waals surface area contributed by atoms with Crippen molar-refractivity contribution in [3.8, 4) is 0 Å². The zero-order chi connectivity index (χ0) is 14.4. The molecule has 4 aromatic rings. The first-order valence-corrected chi connectivity index (χ1v) is 6.96. The van der Waals surface area contributed by atoms with Crippen molar-refractivity contribution in [2.75, 3.05) is 5.73 Å². The van der Waals surface area contributed by atoms with Gasteiger partial charge < -0.3 is 14.8 Å². The average Bonchev–Trinajstić information content (AvgIpc) is 3.04. The summed E-state index contributed by atoms with van der Waals surface area (Å²) in [5, 5.41) is 2.31. The Kier molecular flexibility index (Phi) is 2.54. The number of nitrogen functional groups attached to an aromatic ring is 1. The van der Waals surface area contributed by atoms with Gasteiger partial charge in [0.1, 0.15) is 5.65 Å². The minimum absolute atomic E-state index is 0.815. The molecule has 0 unspecified atom stereocenters. The van der Waals surface area contributed by atoms with Crippen LogP contribution in [0.2, 0.25) is 0 Å². The summed E-state index contributed by atoms with van der Waals surface area (Å²) in [6, 6.07) is 12.2. The first-order chi connectivity index (χ1) is 10.2. The number of nitrogens with zero attached hydrogens (tertiary/aromatic N) is 3. The Morgan fingerprint density at radius 3 is 2.90 bits per heavy atom. The van der Waals surface area contributed by atoms with Gasteiger partial charge in [-0.2, -0.15) is 0 Å². The van der Waals surface area contributed by atoms with Crippen LogP contribution in [0, 0.1) is 0 Å². The number of benzene rings is 1. The van der Waals surface area contributed by atoms with E-state index in [-0.39, 0.29) is 0 Å². The Bertz CT molecular complexity index is 951. The number of hydrogen-bond donors (Lipinski definition) is 1. The highest BCUT2D eigenvalue weighted by Gasteiger charge is 2.09. The molecule has 0 radical (unpaired) electrons. The fourth-order valence-corrected chi connectivity index (χ4v) is 2.99. The van der Waals surface area contributed by atoms with Crippen LogP contribution in [-0.4, -0.2) is 22.0 Å². The lowest BCUT2D eigenvalue weighted by Crippen LogP contribution is -1.97. The quantitative estimate of drug-likeness (QED) is 0.449.